The van der Waals surface area contributed by atoms with E-state index in [2.05, 4.69) is 4.98 Å². The first-order valence-corrected chi connectivity index (χ1v) is 4.61. The van der Waals surface area contributed by atoms with Crippen LogP contribution in [0.2, 0.25) is 0 Å². The van der Waals surface area contributed by atoms with Crippen molar-refractivity contribution in [1.82, 2.24) is 4.98 Å². The van der Waals surface area contributed by atoms with Gasteiger partial charge in [0, 0.05) is 16.0 Å². The number of pyridine rings is 1. The van der Waals surface area contributed by atoms with Crippen molar-refractivity contribution in [2.24, 2.45) is 0 Å². The molecule has 0 unspecified atom stereocenters. The van der Waals surface area contributed by atoms with Crippen molar-refractivity contribution in [1.29, 1.82) is 5.26 Å². The van der Waals surface area contributed by atoms with Crippen molar-refractivity contribution < 1.29 is 13.2 Å². The first kappa shape index (κ1) is 11.2. The molecule has 0 aliphatic rings. The summed E-state index contributed by atoms with van der Waals surface area (Å²) in [7, 11) is 0. The van der Waals surface area contributed by atoms with Crippen molar-refractivity contribution >= 4 is 22.6 Å². The Morgan fingerprint density at radius 2 is 2.07 bits per heavy atom. The van der Waals surface area contributed by atoms with Gasteiger partial charge in [-0.05, 0) is 28.2 Å². The molecule has 0 aromatic carbocycles. The molecule has 0 saturated carbocycles. The highest BCUT2D eigenvalue weighted by molar-refractivity contribution is 14.1. The number of nitrogens with zero attached hydrogens (tertiary/aromatic N) is 2. The first-order valence-electron chi connectivity index (χ1n) is 3.53. The lowest BCUT2D eigenvalue weighted by molar-refractivity contribution is -0.138. The molecule has 1 aromatic rings. The molecule has 0 aliphatic heterocycles. The molecule has 0 fully saturated rings. The minimum Gasteiger partial charge on any atom is -0.263 e. The van der Waals surface area contributed by atoms with Crippen molar-refractivity contribution in [3.8, 4) is 6.07 Å². The van der Waals surface area contributed by atoms with Crippen LogP contribution >= 0.6 is 22.6 Å². The Hall–Kier alpha value is -0.840. The van der Waals surface area contributed by atoms with E-state index in [1.54, 1.807) is 28.7 Å². The topological polar surface area (TPSA) is 36.7 Å². The average Bonchev–Trinajstić information content (AvgIpc) is 2.07. The zero-order valence-corrected chi connectivity index (χ0v) is 8.93. The first-order chi connectivity index (χ1) is 6.46. The number of hydrogen-bond acceptors (Lipinski definition) is 2. The number of nitriles is 1. The largest absolute Gasteiger partial charge is 0.418 e. The number of halogens is 4. The molecule has 0 saturated heterocycles. The summed E-state index contributed by atoms with van der Waals surface area (Å²) in [5.41, 5.74) is -0.832. The highest BCUT2D eigenvalue weighted by Crippen LogP contribution is 2.33. The predicted molar refractivity (Wildman–Crippen MR) is 51.3 cm³/mol. The van der Waals surface area contributed by atoms with Gasteiger partial charge in [-0.15, -0.1) is 0 Å². The molecule has 1 rings (SSSR count). The van der Waals surface area contributed by atoms with Gasteiger partial charge in [0.2, 0.25) is 0 Å². The predicted octanol–water partition coefficient (Wildman–Crippen LogP) is 2.77. The molecular formula is C8H4F3IN2. The summed E-state index contributed by atoms with van der Waals surface area (Å²) >= 11 is 1.74. The fourth-order valence-corrected chi connectivity index (χ4v) is 1.61. The smallest absolute Gasteiger partial charge is 0.263 e. The zero-order chi connectivity index (χ0) is 10.8. The third kappa shape index (κ3) is 2.35. The molecule has 0 N–H and O–H groups in total. The minimum absolute atomic E-state index is 0.00407. The Kier molecular flexibility index (Phi) is 3.31. The van der Waals surface area contributed by atoms with Crippen LogP contribution in [0.1, 0.15) is 11.1 Å². The van der Waals surface area contributed by atoms with E-state index >= 15 is 0 Å². The summed E-state index contributed by atoms with van der Waals surface area (Å²) in [5, 5.41) is 8.39. The van der Waals surface area contributed by atoms with Crippen LogP contribution in [0.3, 0.4) is 0 Å². The molecule has 2 nitrogen and oxygen atoms in total. The van der Waals surface area contributed by atoms with Crippen LogP contribution in [0, 0.1) is 14.9 Å². The van der Waals surface area contributed by atoms with E-state index in [1.165, 1.54) is 6.20 Å². The Morgan fingerprint density at radius 3 is 2.57 bits per heavy atom. The second kappa shape index (κ2) is 4.13. The molecule has 0 bridgehead atoms. The van der Waals surface area contributed by atoms with E-state index in [0.29, 0.717) is 3.57 Å². The molecule has 1 aromatic heterocycles. The number of alkyl halides is 3. The van der Waals surface area contributed by atoms with Gasteiger partial charge >= 0.3 is 6.18 Å². The van der Waals surface area contributed by atoms with E-state index in [4.69, 9.17) is 5.26 Å². The lowest BCUT2D eigenvalue weighted by atomic mass is 10.1. The Labute approximate surface area is 91.9 Å². The fourth-order valence-electron chi connectivity index (χ4n) is 0.965. The second-order valence-electron chi connectivity index (χ2n) is 2.48. The van der Waals surface area contributed by atoms with E-state index in [9.17, 15) is 13.2 Å². The molecule has 0 amide bonds. The van der Waals surface area contributed by atoms with Crippen LogP contribution in [0.15, 0.2) is 12.4 Å². The van der Waals surface area contributed by atoms with Gasteiger partial charge in [-0.25, -0.2) is 0 Å². The summed E-state index contributed by atoms with van der Waals surface area (Å²) in [6, 6.07) is 1.70. The molecular weight excluding hydrogens is 308 g/mol. The molecule has 6 heteroatoms. The third-order valence-corrected chi connectivity index (χ3v) is 2.50. The van der Waals surface area contributed by atoms with Crippen LogP contribution in [-0.4, -0.2) is 4.98 Å². The quantitative estimate of drug-likeness (QED) is 0.748. The number of hydrogen-bond donors (Lipinski definition) is 0. The van der Waals surface area contributed by atoms with Gasteiger partial charge < -0.3 is 0 Å². The van der Waals surface area contributed by atoms with Gasteiger partial charge in [0.1, 0.15) is 0 Å². The lowest BCUT2D eigenvalue weighted by Gasteiger charge is -2.11. The maximum absolute atomic E-state index is 12.4. The Morgan fingerprint density at radius 1 is 1.43 bits per heavy atom. The highest BCUT2D eigenvalue weighted by atomic mass is 127. The Bertz CT molecular complexity index is 381. The monoisotopic (exact) mass is 312 g/mol. The number of rotatable bonds is 1. The summed E-state index contributed by atoms with van der Waals surface area (Å²) in [4.78, 5) is 3.46. The molecule has 0 atom stereocenters. The highest BCUT2D eigenvalue weighted by Gasteiger charge is 2.34. The van der Waals surface area contributed by atoms with Crippen LogP contribution in [-0.2, 0) is 12.6 Å². The van der Waals surface area contributed by atoms with Crippen molar-refractivity contribution in [3.63, 3.8) is 0 Å². The lowest BCUT2D eigenvalue weighted by Crippen LogP contribution is -2.11. The van der Waals surface area contributed by atoms with Crippen LogP contribution in [0.5, 0.6) is 0 Å². The standard InChI is InChI=1S/C8H4F3IN2/c9-8(10,11)6-3-14-4-7(12)5(6)1-2-13/h3-4H,1H2. The third-order valence-electron chi connectivity index (χ3n) is 1.57. The fraction of sp³-hybridized carbons (Fsp3) is 0.250. The zero-order valence-electron chi connectivity index (χ0n) is 6.77. The van der Waals surface area contributed by atoms with E-state index in [1.807, 2.05) is 0 Å². The normalized spacial score (nSPS) is 11.1. The molecule has 0 spiro atoms. The van der Waals surface area contributed by atoms with Gasteiger partial charge in [0.15, 0.2) is 0 Å². The van der Waals surface area contributed by atoms with Crippen molar-refractivity contribution in [3.05, 3.63) is 27.1 Å². The molecule has 1 heterocycles. The summed E-state index contributed by atoms with van der Waals surface area (Å²) in [6.45, 7) is 0. The van der Waals surface area contributed by atoms with Gasteiger partial charge in [-0.3, -0.25) is 4.98 Å². The summed E-state index contributed by atoms with van der Waals surface area (Å²) in [5.74, 6) is 0. The van der Waals surface area contributed by atoms with Crippen molar-refractivity contribution in [2.45, 2.75) is 12.6 Å². The summed E-state index contributed by atoms with van der Waals surface area (Å²) in [6.07, 6.45) is -2.65. The number of aromatic nitrogens is 1. The molecule has 0 radical (unpaired) electrons. The van der Waals surface area contributed by atoms with E-state index < -0.39 is 11.7 Å². The SMILES string of the molecule is N#CCc1c(I)cncc1C(F)(F)F. The van der Waals surface area contributed by atoms with Crippen LogP contribution in [0.25, 0.3) is 0 Å². The van der Waals surface area contributed by atoms with Gasteiger partial charge in [0.05, 0.1) is 18.1 Å². The summed E-state index contributed by atoms with van der Waals surface area (Å²) < 4.78 is 37.6. The average molecular weight is 312 g/mol. The van der Waals surface area contributed by atoms with Gasteiger partial charge in [0.25, 0.3) is 0 Å². The molecule has 0 aliphatic carbocycles. The van der Waals surface area contributed by atoms with Gasteiger partial charge in [-0.2, -0.15) is 18.4 Å². The van der Waals surface area contributed by atoms with E-state index in [0.717, 1.165) is 6.20 Å². The Balaban J connectivity index is 3.30. The second-order valence-corrected chi connectivity index (χ2v) is 3.64. The molecule has 74 valence electrons. The maximum atomic E-state index is 12.4. The van der Waals surface area contributed by atoms with Crippen LogP contribution < -0.4 is 0 Å². The molecule has 14 heavy (non-hydrogen) atoms. The van der Waals surface area contributed by atoms with E-state index in [-0.39, 0.29) is 12.0 Å². The van der Waals surface area contributed by atoms with Crippen molar-refractivity contribution in [2.75, 3.05) is 0 Å². The maximum Gasteiger partial charge on any atom is 0.418 e. The van der Waals surface area contributed by atoms with Gasteiger partial charge in [-0.1, -0.05) is 0 Å². The van der Waals surface area contributed by atoms with Crippen LogP contribution in [0.4, 0.5) is 13.2 Å². The minimum atomic E-state index is -4.44.